The van der Waals surface area contributed by atoms with Gasteiger partial charge in [0.25, 0.3) is 0 Å². The number of rotatable bonds is 9. The van der Waals surface area contributed by atoms with E-state index in [2.05, 4.69) is 67.2 Å². The normalized spacial score (nSPS) is 13.8. The van der Waals surface area contributed by atoms with Crippen LogP contribution in [0.3, 0.4) is 0 Å². The van der Waals surface area contributed by atoms with Crippen molar-refractivity contribution in [3.63, 3.8) is 0 Å². The molecule has 0 rings (SSSR count). The molecule has 20 heavy (non-hydrogen) atoms. The summed E-state index contributed by atoms with van der Waals surface area (Å²) in [4.78, 5) is 2.90. The topological polar surface area (TPSA) is 0 Å². The van der Waals surface area contributed by atoms with E-state index in [-0.39, 0.29) is 0 Å². The summed E-state index contributed by atoms with van der Waals surface area (Å²) in [7, 11) is 0. The Kier molecular flexibility index (Phi) is 11.0. The third-order valence-corrected chi connectivity index (χ3v) is 20.0. The quantitative estimate of drug-likeness (QED) is 0.373. The van der Waals surface area contributed by atoms with E-state index in [0.29, 0.717) is 0 Å². The van der Waals surface area contributed by atoms with Gasteiger partial charge in [0.1, 0.15) is 0 Å². The molecule has 0 fully saturated rings. The molecule has 0 nitrogen and oxygen atoms in total. The molecule has 0 aromatic rings. The monoisotopic (exact) mass is 402 g/mol. The molecule has 118 valence electrons. The van der Waals surface area contributed by atoms with Gasteiger partial charge in [-0.1, -0.05) is 0 Å². The summed E-state index contributed by atoms with van der Waals surface area (Å²) in [6.07, 6.45) is 4.17. The molecule has 0 amide bonds. The molecular weight excluding hydrogens is 361 g/mol. The molecule has 0 heterocycles. The molecule has 0 saturated carbocycles. The van der Waals surface area contributed by atoms with Crippen molar-refractivity contribution in [3.05, 3.63) is 9.31 Å². The number of hydrogen-bond donors (Lipinski definition) is 0. The molecule has 0 bridgehead atoms. The maximum absolute atomic E-state index is 2.90. The molecule has 0 aromatic heterocycles. The van der Waals surface area contributed by atoms with Gasteiger partial charge in [-0.3, -0.25) is 0 Å². The zero-order valence-corrected chi connectivity index (χ0v) is 19.7. The molecule has 0 aliphatic heterocycles. The average Bonchev–Trinajstić information content (AvgIpc) is 2.30. The van der Waals surface area contributed by atoms with E-state index in [4.69, 9.17) is 0 Å². The number of unbranched alkanes of at least 4 members (excludes halogenated alkanes) is 1. The van der Waals surface area contributed by atoms with Gasteiger partial charge >= 0.3 is 139 Å². The van der Waals surface area contributed by atoms with Gasteiger partial charge in [0.05, 0.1) is 0 Å². The van der Waals surface area contributed by atoms with Crippen LogP contribution in [0.5, 0.6) is 0 Å². The maximum atomic E-state index is 2.90. The Bertz CT molecular complexity index is 261. The van der Waals surface area contributed by atoms with E-state index in [1.165, 1.54) is 19.3 Å². The molecule has 0 saturated heterocycles. The summed E-state index contributed by atoms with van der Waals surface area (Å²) in [6, 6.07) is 0. The van der Waals surface area contributed by atoms with Crippen molar-refractivity contribution in [1.82, 2.24) is 0 Å². The summed E-state index contributed by atoms with van der Waals surface area (Å²) in [5.41, 5.74) is 0. The van der Waals surface area contributed by atoms with Gasteiger partial charge in [0, 0.05) is 0 Å². The summed E-state index contributed by atoms with van der Waals surface area (Å²) >= 11 is -2.11. The molecule has 0 atom stereocenters. The van der Waals surface area contributed by atoms with Crippen LogP contribution in [0.25, 0.3) is 0 Å². The van der Waals surface area contributed by atoms with Crippen LogP contribution < -0.4 is 0 Å². The van der Waals surface area contributed by atoms with Crippen LogP contribution in [0.4, 0.5) is 0 Å². The van der Waals surface area contributed by atoms with Gasteiger partial charge in [-0.15, -0.1) is 0 Å². The number of allylic oxidation sites excluding steroid dienone is 1. The molecule has 0 aromatic carbocycles. The summed E-state index contributed by atoms with van der Waals surface area (Å²) in [5, 5.41) is 0. The van der Waals surface area contributed by atoms with Gasteiger partial charge in [-0.05, 0) is 0 Å². The molecule has 0 spiro atoms. The van der Waals surface area contributed by atoms with Crippen molar-refractivity contribution in [1.29, 1.82) is 0 Å². The second-order valence-corrected chi connectivity index (χ2v) is 23.0. The molecular formula is C18H38Ge2. The van der Waals surface area contributed by atoms with E-state index in [0.717, 1.165) is 19.0 Å². The van der Waals surface area contributed by atoms with Gasteiger partial charge in [0.2, 0.25) is 0 Å². The van der Waals surface area contributed by atoms with Crippen LogP contribution in [-0.2, 0) is 0 Å². The number of hydrogen-bond acceptors (Lipinski definition) is 0. The van der Waals surface area contributed by atoms with Gasteiger partial charge in [0.15, 0.2) is 0 Å². The van der Waals surface area contributed by atoms with E-state index >= 15 is 0 Å². The first-order chi connectivity index (χ1) is 9.22. The predicted octanol–water partition coefficient (Wildman–Crippen LogP) is 6.81. The first-order valence-corrected chi connectivity index (χ1v) is 15.8. The van der Waals surface area contributed by atoms with Gasteiger partial charge in [-0.25, -0.2) is 0 Å². The summed E-state index contributed by atoms with van der Waals surface area (Å²) < 4.78 is 5.74. The van der Waals surface area contributed by atoms with Crippen LogP contribution in [0, 0.1) is 0 Å². The fraction of sp³-hybridized carbons (Fsp3) is 0.889. The van der Waals surface area contributed by atoms with Crippen molar-refractivity contribution in [2.45, 2.75) is 101 Å². The zero-order valence-electron chi connectivity index (χ0n) is 15.5. The molecule has 0 N–H and O–H groups in total. The minimum absolute atomic E-state index is 0.936. The fourth-order valence-corrected chi connectivity index (χ4v) is 19.5. The van der Waals surface area contributed by atoms with E-state index in [1.54, 1.807) is 0 Å². The van der Waals surface area contributed by atoms with E-state index < -0.39 is 28.7 Å². The Morgan fingerprint density at radius 2 is 1.25 bits per heavy atom. The van der Waals surface area contributed by atoms with Crippen LogP contribution in [0.15, 0.2) is 9.31 Å². The van der Waals surface area contributed by atoms with E-state index in [1.807, 2.05) is 4.41 Å². The second kappa shape index (κ2) is 10.5. The Balaban J connectivity index is 5.38. The van der Waals surface area contributed by atoms with Crippen LogP contribution in [0.1, 0.15) is 81.6 Å². The second-order valence-electron chi connectivity index (χ2n) is 7.35. The van der Waals surface area contributed by atoms with Crippen molar-refractivity contribution < 1.29 is 0 Å². The fourth-order valence-electron chi connectivity index (χ4n) is 3.28. The van der Waals surface area contributed by atoms with Crippen molar-refractivity contribution in [2.75, 3.05) is 0 Å². The SMILES string of the molecule is CCCC/[C](=[CH]/[Ge]([CH](C)C)[CH](C)C)[Ge]([CH](C)C)[CH](C)C. The Hall–Kier alpha value is 0.826. The standard InChI is InChI=1S/C18H38Ge2/c1-10-11-12-18(20(16(6)7)17(8)9)13-19(14(2)3)15(4)5/h13-17H,10-12H2,1-9H3/b18-13-. The van der Waals surface area contributed by atoms with Crippen molar-refractivity contribution >= 4 is 28.7 Å². The van der Waals surface area contributed by atoms with Crippen molar-refractivity contribution in [3.8, 4) is 0 Å². The molecule has 0 aliphatic rings. The van der Waals surface area contributed by atoms with E-state index in [9.17, 15) is 0 Å². The van der Waals surface area contributed by atoms with Crippen LogP contribution in [0.2, 0.25) is 19.0 Å². The molecule has 0 unspecified atom stereocenters. The summed E-state index contributed by atoms with van der Waals surface area (Å²) in [6.45, 7) is 22.1. The van der Waals surface area contributed by atoms with Gasteiger partial charge < -0.3 is 0 Å². The summed E-state index contributed by atoms with van der Waals surface area (Å²) in [5.74, 6) is 0. The molecule has 2 radical (unpaired) electrons. The Labute approximate surface area is 138 Å². The van der Waals surface area contributed by atoms with Crippen LogP contribution in [-0.4, -0.2) is 28.7 Å². The van der Waals surface area contributed by atoms with Crippen LogP contribution >= 0.6 is 0 Å². The third kappa shape index (κ3) is 7.20. The first-order valence-electron chi connectivity index (χ1n) is 8.66. The predicted molar refractivity (Wildman–Crippen MR) is 99.5 cm³/mol. The average molecular weight is 400 g/mol. The zero-order chi connectivity index (χ0) is 15.9. The Morgan fingerprint density at radius 3 is 1.55 bits per heavy atom. The minimum atomic E-state index is -1.07. The molecule has 0 aliphatic carbocycles. The Morgan fingerprint density at radius 1 is 0.800 bits per heavy atom. The molecule has 2 heteroatoms. The third-order valence-electron chi connectivity index (χ3n) is 4.09. The first kappa shape index (κ1) is 20.8. The van der Waals surface area contributed by atoms with Crippen molar-refractivity contribution in [2.24, 2.45) is 0 Å². The van der Waals surface area contributed by atoms with Gasteiger partial charge in [-0.2, -0.15) is 0 Å².